The van der Waals surface area contributed by atoms with Crippen LogP contribution in [-0.2, 0) is 4.79 Å². The molecule has 1 unspecified atom stereocenters. The van der Waals surface area contributed by atoms with Crippen LogP contribution in [-0.4, -0.2) is 52.4 Å². The van der Waals surface area contributed by atoms with Crippen molar-refractivity contribution in [3.8, 4) is 5.75 Å². The SMILES string of the molecule is CNc1nc(N2CCCC(C(=O)Nc3ccc(C=O)c(O)c3)C2)nc2scnc12. The highest BCUT2D eigenvalue weighted by Gasteiger charge is 2.28. The lowest BCUT2D eigenvalue weighted by Crippen LogP contribution is -2.41. The topological polar surface area (TPSA) is 120 Å². The largest absolute Gasteiger partial charge is 0.507 e. The van der Waals surface area contributed by atoms with Crippen LogP contribution in [0.4, 0.5) is 17.5 Å². The average Bonchev–Trinajstić information content (AvgIpc) is 3.22. The molecule has 2 aromatic heterocycles. The molecule has 4 rings (SSSR count). The van der Waals surface area contributed by atoms with Crippen LogP contribution in [0.15, 0.2) is 23.7 Å². The molecule has 1 amide bonds. The van der Waals surface area contributed by atoms with Gasteiger partial charge in [-0.3, -0.25) is 9.59 Å². The van der Waals surface area contributed by atoms with E-state index in [0.717, 1.165) is 29.7 Å². The number of thiazole rings is 1. The third-order valence-corrected chi connectivity index (χ3v) is 5.64. The highest BCUT2D eigenvalue weighted by molar-refractivity contribution is 7.16. The summed E-state index contributed by atoms with van der Waals surface area (Å²) >= 11 is 1.45. The second-order valence-electron chi connectivity index (χ2n) is 6.79. The number of rotatable bonds is 5. The van der Waals surface area contributed by atoms with Gasteiger partial charge in [0.1, 0.15) is 11.3 Å². The van der Waals surface area contributed by atoms with Gasteiger partial charge in [-0.25, -0.2) is 4.98 Å². The Morgan fingerprint density at radius 2 is 2.24 bits per heavy atom. The maximum atomic E-state index is 12.8. The highest BCUT2D eigenvalue weighted by atomic mass is 32.1. The van der Waals surface area contributed by atoms with Crippen LogP contribution in [0.1, 0.15) is 23.2 Å². The molecule has 1 aromatic carbocycles. The summed E-state index contributed by atoms with van der Waals surface area (Å²) < 4.78 is 0. The van der Waals surface area contributed by atoms with E-state index in [1.807, 2.05) is 4.90 Å². The third-order valence-electron chi connectivity index (χ3n) is 4.92. The lowest BCUT2D eigenvalue weighted by Gasteiger charge is -2.32. The number of benzene rings is 1. The van der Waals surface area contributed by atoms with Gasteiger partial charge in [-0.2, -0.15) is 9.97 Å². The van der Waals surface area contributed by atoms with Crippen LogP contribution in [0.2, 0.25) is 0 Å². The maximum absolute atomic E-state index is 12.8. The van der Waals surface area contributed by atoms with Crippen molar-refractivity contribution in [2.45, 2.75) is 12.8 Å². The Bertz CT molecular complexity index is 1070. The number of aldehydes is 1. The molecular formula is C19H20N6O3S. The quantitative estimate of drug-likeness (QED) is 0.547. The summed E-state index contributed by atoms with van der Waals surface area (Å²) in [6.45, 7) is 1.27. The van der Waals surface area contributed by atoms with Gasteiger partial charge in [-0.05, 0) is 25.0 Å². The van der Waals surface area contributed by atoms with E-state index in [-0.39, 0.29) is 23.1 Å². The van der Waals surface area contributed by atoms with Gasteiger partial charge in [-0.1, -0.05) is 0 Å². The molecule has 1 aliphatic heterocycles. The molecule has 3 aromatic rings. The summed E-state index contributed by atoms with van der Waals surface area (Å²) in [7, 11) is 1.79. The van der Waals surface area contributed by atoms with Gasteiger partial charge in [0.15, 0.2) is 16.9 Å². The number of nitrogens with zero attached hydrogens (tertiary/aromatic N) is 4. The van der Waals surface area contributed by atoms with Crippen molar-refractivity contribution in [1.82, 2.24) is 15.0 Å². The number of carbonyl (C=O) groups excluding carboxylic acids is 2. The van der Waals surface area contributed by atoms with Crippen molar-refractivity contribution < 1.29 is 14.7 Å². The second-order valence-corrected chi connectivity index (χ2v) is 7.63. The van der Waals surface area contributed by atoms with Crippen molar-refractivity contribution in [3.63, 3.8) is 0 Å². The number of hydrogen-bond donors (Lipinski definition) is 3. The molecule has 1 atom stereocenters. The number of phenolic OH excluding ortho intramolecular Hbond substituents is 1. The number of aromatic nitrogens is 3. The van der Waals surface area contributed by atoms with E-state index in [4.69, 9.17) is 0 Å². The van der Waals surface area contributed by atoms with Crippen molar-refractivity contribution in [3.05, 3.63) is 29.3 Å². The fourth-order valence-electron chi connectivity index (χ4n) is 3.40. The summed E-state index contributed by atoms with van der Waals surface area (Å²) in [5, 5.41) is 15.7. The van der Waals surface area contributed by atoms with Crippen LogP contribution >= 0.6 is 11.3 Å². The molecular weight excluding hydrogens is 392 g/mol. The molecule has 3 heterocycles. The predicted molar refractivity (Wildman–Crippen MR) is 112 cm³/mol. The van der Waals surface area contributed by atoms with E-state index in [0.29, 0.717) is 30.3 Å². The summed E-state index contributed by atoms with van der Waals surface area (Å²) in [6.07, 6.45) is 2.16. The van der Waals surface area contributed by atoms with Crippen molar-refractivity contribution in [2.75, 3.05) is 35.7 Å². The van der Waals surface area contributed by atoms with Gasteiger partial charge in [0.05, 0.1) is 17.0 Å². The summed E-state index contributed by atoms with van der Waals surface area (Å²) in [5.74, 6) is 0.713. The first-order valence-corrected chi connectivity index (χ1v) is 10.1. The Morgan fingerprint density at radius 3 is 3.00 bits per heavy atom. The molecule has 1 fully saturated rings. The molecule has 0 aliphatic carbocycles. The second kappa shape index (κ2) is 8.00. The molecule has 3 N–H and O–H groups in total. The smallest absolute Gasteiger partial charge is 0.229 e. The van der Waals surface area contributed by atoms with Crippen LogP contribution in [0.3, 0.4) is 0 Å². The zero-order valence-corrected chi connectivity index (χ0v) is 16.6. The zero-order chi connectivity index (χ0) is 20.4. The molecule has 9 nitrogen and oxygen atoms in total. The van der Waals surface area contributed by atoms with E-state index in [9.17, 15) is 14.7 Å². The predicted octanol–water partition coefficient (Wildman–Crippen LogP) is 2.50. The van der Waals surface area contributed by atoms with Gasteiger partial charge in [0.25, 0.3) is 0 Å². The molecule has 0 saturated carbocycles. The zero-order valence-electron chi connectivity index (χ0n) is 15.8. The molecule has 150 valence electrons. The average molecular weight is 412 g/mol. The van der Waals surface area contributed by atoms with Crippen molar-refractivity contribution in [2.24, 2.45) is 5.92 Å². The first kappa shape index (κ1) is 19.1. The van der Waals surface area contributed by atoms with E-state index < -0.39 is 0 Å². The minimum absolute atomic E-state index is 0.138. The first-order chi connectivity index (χ1) is 14.1. The molecule has 0 radical (unpaired) electrons. The number of piperidine rings is 1. The lowest BCUT2D eigenvalue weighted by molar-refractivity contribution is -0.120. The number of carbonyl (C=O) groups is 2. The monoisotopic (exact) mass is 412 g/mol. The van der Waals surface area contributed by atoms with Gasteiger partial charge in [0.2, 0.25) is 11.9 Å². The number of amides is 1. The van der Waals surface area contributed by atoms with Gasteiger partial charge < -0.3 is 20.6 Å². The third kappa shape index (κ3) is 3.83. The summed E-state index contributed by atoms with van der Waals surface area (Å²) in [6, 6.07) is 4.45. The van der Waals surface area contributed by atoms with Gasteiger partial charge in [0, 0.05) is 31.9 Å². The Balaban J connectivity index is 1.50. The van der Waals surface area contributed by atoms with Crippen molar-refractivity contribution >= 4 is 51.3 Å². The van der Waals surface area contributed by atoms with E-state index in [1.54, 1.807) is 18.6 Å². The number of hydrogen-bond acceptors (Lipinski definition) is 9. The van der Waals surface area contributed by atoms with Crippen LogP contribution in [0.25, 0.3) is 10.3 Å². The van der Waals surface area contributed by atoms with Gasteiger partial charge in [-0.15, -0.1) is 11.3 Å². The number of anilines is 3. The normalized spacial score (nSPS) is 16.6. The van der Waals surface area contributed by atoms with E-state index in [2.05, 4.69) is 25.6 Å². The van der Waals surface area contributed by atoms with Crippen LogP contribution < -0.4 is 15.5 Å². The Labute approximate surface area is 170 Å². The van der Waals surface area contributed by atoms with E-state index in [1.165, 1.54) is 23.5 Å². The summed E-state index contributed by atoms with van der Waals surface area (Å²) in [4.78, 5) is 39.9. The first-order valence-electron chi connectivity index (χ1n) is 9.22. The highest BCUT2D eigenvalue weighted by Crippen LogP contribution is 2.28. The Kier molecular flexibility index (Phi) is 5.26. The van der Waals surface area contributed by atoms with Gasteiger partial charge >= 0.3 is 0 Å². The number of fused-ring (bicyclic) bond motifs is 1. The standard InChI is InChI=1S/C19H20N6O3S/c1-20-16-15-18(29-10-21-15)24-19(23-16)25-6-2-3-11(8-25)17(28)22-13-5-4-12(9-26)14(27)7-13/h4-5,7,9-11,27H,2-3,6,8H2,1H3,(H,22,28)(H,20,23,24). The molecule has 0 bridgehead atoms. The van der Waals surface area contributed by atoms with Crippen molar-refractivity contribution in [1.29, 1.82) is 0 Å². The number of nitrogens with one attached hydrogen (secondary N) is 2. The summed E-state index contributed by atoms with van der Waals surface area (Å²) in [5.41, 5.74) is 3.12. The fourth-order valence-corrected chi connectivity index (χ4v) is 4.06. The molecule has 0 spiro atoms. The number of aromatic hydroxyl groups is 1. The minimum Gasteiger partial charge on any atom is -0.507 e. The number of phenols is 1. The molecule has 29 heavy (non-hydrogen) atoms. The fraction of sp³-hybridized carbons (Fsp3) is 0.316. The Hall–Kier alpha value is -3.27. The van der Waals surface area contributed by atoms with E-state index >= 15 is 0 Å². The minimum atomic E-state index is -0.240. The van der Waals surface area contributed by atoms with Crippen LogP contribution in [0.5, 0.6) is 5.75 Å². The molecule has 10 heteroatoms. The van der Waals surface area contributed by atoms with Crippen LogP contribution in [0, 0.1) is 5.92 Å². The molecule has 1 saturated heterocycles. The maximum Gasteiger partial charge on any atom is 0.229 e. The lowest BCUT2D eigenvalue weighted by atomic mass is 9.97. The Morgan fingerprint density at radius 1 is 1.38 bits per heavy atom. The molecule has 1 aliphatic rings.